The number of anilines is 1. The van der Waals surface area contributed by atoms with Crippen LogP contribution in [0.15, 0.2) is 35.3 Å². The van der Waals surface area contributed by atoms with Crippen molar-refractivity contribution in [2.45, 2.75) is 6.54 Å². The Labute approximate surface area is 107 Å². The normalized spacial score (nSPS) is 10.0. The number of halogens is 1. The van der Waals surface area contributed by atoms with Crippen LogP contribution in [-0.2, 0) is 6.54 Å². The summed E-state index contributed by atoms with van der Waals surface area (Å²) in [5.41, 5.74) is 1.06. The first-order valence-electron chi connectivity index (χ1n) is 4.98. The predicted octanol–water partition coefficient (Wildman–Crippen LogP) is 2.25. The third-order valence-corrected chi connectivity index (χ3v) is 2.55. The molecule has 17 heavy (non-hydrogen) atoms. The van der Waals surface area contributed by atoms with E-state index in [-0.39, 0.29) is 0 Å². The van der Waals surface area contributed by atoms with Crippen molar-refractivity contribution in [1.82, 2.24) is 15.0 Å². The van der Waals surface area contributed by atoms with Gasteiger partial charge in [-0.15, -0.1) is 0 Å². The van der Waals surface area contributed by atoms with Gasteiger partial charge in [-0.3, -0.25) is 0 Å². The van der Waals surface area contributed by atoms with Crippen LogP contribution in [-0.4, -0.2) is 22.1 Å². The molecule has 0 saturated carbocycles. The molecule has 6 heteroatoms. The van der Waals surface area contributed by atoms with Crippen molar-refractivity contribution in [3.05, 3.63) is 40.9 Å². The molecule has 0 fully saturated rings. The molecule has 0 aliphatic rings. The van der Waals surface area contributed by atoms with Crippen LogP contribution in [0.4, 0.5) is 5.82 Å². The van der Waals surface area contributed by atoms with Crippen LogP contribution < -0.4 is 10.1 Å². The smallest absolute Gasteiger partial charge is 0.212 e. The van der Waals surface area contributed by atoms with Crippen molar-refractivity contribution in [3.63, 3.8) is 0 Å². The van der Waals surface area contributed by atoms with Crippen LogP contribution in [0.5, 0.6) is 5.88 Å². The lowest BCUT2D eigenvalue weighted by atomic mass is 10.3. The Morgan fingerprint density at radius 2 is 2.18 bits per heavy atom. The maximum atomic E-state index is 4.99. The van der Waals surface area contributed by atoms with Crippen molar-refractivity contribution in [1.29, 1.82) is 0 Å². The first kappa shape index (κ1) is 11.8. The average molecular weight is 295 g/mol. The third-order valence-electron chi connectivity index (χ3n) is 2.11. The fourth-order valence-electron chi connectivity index (χ4n) is 1.26. The number of pyridine rings is 1. The summed E-state index contributed by atoms with van der Waals surface area (Å²) in [4.78, 5) is 12.2. The molecule has 88 valence electrons. The molecule has 2 aromatic heterocycles. The molecule has 2 aromatic rings. The summed E-state index contributed by atoms with van der Waals surface area (Å²) in [6.45, 7) is 0.653. The van der Waals surface area contributed by atoms with Crippen LogP contribution in [0.3, 0.4) is 0 Å². The molecule has 0 unspecified atom stereocenters. The Bertz CT molecular complexity index is 489. The van der Waals surface area contributed by atoms with E-state index in [0.717, 1.165) is 16.0 Å². The van der Waals surface area contributed by atoms with Gasteiger partial charge in [0.2, 0.25) is 5.88 Å². The molecule has 0 saturated heterocycles. The fraction of sp³-hybridized carbons (Fsp3) is 0.182. The number of aromatic nitrogens is 3. The van der Waals surface area contributed by atoms with E-state index in [1.54, 1.807) is 13.3 Å². The van der Waals surface area contributed by atoms with Gasteiger partial charge >= 0.3 is 0 Å². The van der Waals surface area contributed by atoms with E-state index in [0.29, 0.717) is 12.4 Å². The lowest BCUT2D eigenvalue weighted by Gasteiger charge is -2.05. The van der Waals surface area contributed by atoms with Crippen molar-refractivity contribution < 1.29 is 4.74 Å². The highest BCUT2D eigenvalue weighted by Gasteiger charge is 1.98. The molecule has 0 spiro atoms. The van der Waals surface area contributed by atoms with E-state index in [4.69, 9.17) is 4.74 Å². The Morgan fingerprint density at radius 3 is 2.82 bits per heavy atom. The Hall–Kier alpha value is -1.69. The summed E-state index contributed by atoms with van der Waals surface area (Å²) in [7, 11) is 1.60. The minimum Gasteiger partial charge on any atom is -0.481 e. The maximum Gasteiger partial charge on any atom is 0.212 e. The molecule has 5 nitrogen and oxygen atoms in total. The molecule has 2 heterocycles. The van der Waals surface area contributed by atoms with Gasteiger partial charge in [-0.2, -0.15) is 0 Å². The second-order valence-corrected chi connectivity index (χ2v) is 4.10. The minimum absolute atomic E-state index is 0.610. The van der Waals surface area contributed by atoms with Gasteiger partial charge in [-0.05, 0) is 21.5 Å². The molecule has 0 amide bonds. The monoisotopic (exact) mass is 294 g/mol. The van der Waals surface area contributed by atoms with Crippen molar-refractivity contribution in [3.8, 4) is 5.88 Å². The van der Waals surface area contributed by atoms with Crippen LogP contribution in [0.2, 0.25) is 0 Å². The largest absolute Gasteiger partial charge is 0.481 e. The Balaban J connectivity index is 1.97. The lowest BCUT2D eigenvalue weighted by molar-refractivity contribution is 0.397. The summed E-state index contributed by atoms with van der Waals surface area (Å²) >= 11 is 3.29. The van der Waals surface area contributed by atoms with Crippen molar-refractivity contribution >= 4 is 21.7 Å². The predicted molar refractivity (Wildman–Crippen MR) is 67.8 cm³/mol. The third kappa shape index (κ3) is 3.39. The van der Waals surface area contributed by atoms with Crippen molar-refractivity contribution in [2.24, 2.45) is 0 Å². The summed E-state index contributed by atoms with van der Waals surface area (Å²) in [6.07, 6.45) is 3.26. The van der Waals surface area contributed by atoms with E-state index in [9.17, 15) is 0 Å². The zero-order valence-corrected chi connectivity index (χ0v) is 10.8. The van der Waals surface area contributed by atoms with Crippen LogP contribution in [0.25, 0.3) is 0 Å². The van der Waals surface area contributed by atoms with Gasteiger partial charge < -0.3 is 10.1 Å². The second kappa shape index (κ2) is 5.58. The first-order valence-corrected chi connectivity index (χ1v) is 5.77. The molecule has 2 rings (SSSR count). The van der Waals surface area contributed by atoms with Crippen LogP contribution in [0, 0.1) is 0 Å². The van der Waals surface area contributed by atoms with E-state index in [1.807, 2.05) is 18.2 Å². The molecule has 0 aliphatic heterocycles. The molecular formula is C11H11BrN4O. The van der Waals surface area contributed by atoms with Crippen LogP contribution in [0.1, 0.15) is 5.56 Å². The minimum atomic E-state index is 0.610. The topological polar surface area (TPSA) is 59.9 Å². The number of hydrogen-bond acceptors (Lipinski definition) is 5. The Kier molecular flexibility index (Phi) is 3.87. The highest BCUT2D eigenvalue weighted by Crippen LogP contribution is 2.12. The first-order chi connectivity index (χ1) is 8.28. The summed E-state index contributed by atoms with van der Waals surface area (Å²) in [6, 6.07) is 5.60. The van der Waals surface area contributed by atoms with E-state index >= 15 is 0 Å². The number of methoxy groups -OCH3 is 1. The lowest BCUT2D eigenvalue weighted by Crippen LogP contribution is -2.02. The van der Waals surface area contributed by atoms with Crippen LogP contribution >= 0.6 is 15.9 Å². The molecule has 0 bridgehead atoms. The number of nitrogens with one attached hydrogen (secondary N) is 1. The van der Waals surface area contributed by atoms with Gasteiger partial charge in [0, 0.05) is 24.9 Å². The zero-order chi connectivity index (χ0) is 12.1. The zero-order valence-electron chi connectivity index (χ0n) is 9.22. The standard InChI is InChI=1S/C11H11BrN4O/c1-17-11-3-2-8(6-14-11)5-13-10-4-9(12)15-7-16-10/h2-4,6-7H,5H2,1H3,(H,13,15,16). The van der Waals surface area contributed by atoms with Gasteiger partial charge in [0.15, 0.2) is 0 Å². The maximum absolute atomic E-state index is 4.99. The molecule has 0 atom stereocenters. The van der Waals surface area contributed by atoms with Gasteiger partial charge in [0.1, 0.15) is 16.7 Å². The second-order valence-electron chi connectivity index (χ2n) is 3.29. The summed E-state index contributed by atoms with van der Waals surface area (Å²) in [5, 5.41) is 3.18. The molecule has 0 aliphatic carbocycles. The summed E-state index contributed by atoms with van der Waals surface area (Å²) < 4.78 is 5.74. The Morgan fingerprint density at radius 1 is 1.29 bits per heavy atom. The van der Waals surface area contributed by atoms with Gasteiger partial charge in [-0.1, -0.05) is 6.07 Å². The molecule has 0 radical (unpaired) electrons. The average Bonchev–Trinajstić information content (AvgIpc) is 2.37. The highest BCUT2D eigenvalue weighted by molar-refractivity contribution is 9.10. The van der Waals surface area contributed by atoms with Gasteiger partial charge in [0.25, 0.3) is 0 Å². The van der Waals surface area contributed by atoms with Crippen molar-refractivity contribution in [2.75, 3.05) is 12.4 Å². The van der Waals surface area contributed by atoms with Gasteiger partial charge in [-0.25, -0.2) is 15.0 Å². The van der Waals surface area contributed by atoms with E-state index in [2.05, 4.69) is 36.2 Å². The van der Waals surface area contributed by atoms with E-state index < -0.39 is 0 Å². The fourth-order valence-corrected chi connectivity index (χ4v) is 1.57. The number of hydrogen-bond donors (Lipinski definition) is 1. The van der Waals surface area contributed by atoms with E-state index in [1.165, 1.54) is 6.33 Å². The molecular weight excluding hydrogens is 284 g/mol. The number of nitrogens with zero attached hydrogens (tertiary/aromatic N) is 3. The summed E-state index contributed by atoms with van der Waals surface area (Å²) in [5.74, 6) is 1.38. The highest BCUT2D eigenvalue weighted by atomic mass is 79.9. The molecule has 1 N–H and O–H groups in total. The number of ether oxygens (including phenoxy) is 1. The molecule has 0 aromatic carbocycles. The van der Waals surface area contributed by atoms with Gasteiger partial charge in [0.05, 0.1) is 7.11 Å². The number of rotatable bonds is 4. The quantitative estimate of drug-likeness (QED) is 0.877. The SMILES string of the molecule is COc1ccc(CNc2cc(Br)ncn2)cn1.